The van der Waals surface area contributed by atoms with Gasteiger partial charge < -0.3 is 19.3 Å². The third-order valence-electron chi connectivity index (χ3n) is 5.13. The number of hydrogen-bond acceptors (Lipinski definition) is 7. The molecule has 8 heteroatoms. The molecule has 29 heavy (non-hydrogen) atoms. The monoisotopic (exact) mass is 412 g/mol. The van der Waals surface area contributed by atoms with Crippen LogP contribution < -0.4 is 14.4 Å². The van der Waals surface area contributed by atoms with Crippen molar-refractivity contribution >= 4 is 32.7 Å². The summed E-state index contributed by atoms with van der Waals surface area (Å²) >= 11 is 1.61. The topological polar surface area (TPSA) is 67.8 Å². The van der Waals surface area contributed by atoms with Gasteiger partial charge in [-0.15, -0.1) is 0 Å². The lowest BCUT2D eigenvalue weighted by Gasteiger charge is -2.34. The highest BCUT2D eigenvalue weighted by Gasteiger charge is 2.23. The van der Waals surface area contributed by atoms with Gasteiger partial charge in [-0.3, -0.25) is 4.79 Å². The van der Waals surface area contributed by atoms with E-state index in [1.807, 2.05) is 35.2 Å². The lowest BCUT2D eigenvalue weighted by atomic mass is 10.1. The first-order valence-electron chi connectivity index (χ1n) is 9.63. The van der Waals surface area contributed by atoms with E-state index in [2.05, 4.69) is 14.9 Å². The minimum Gasteiger partial charge on any atom is -0.493 e. The number of piperazine rings is 1. The lowest BCUT2D eigenvalue weighted by Crippen LogP contribution is -2.48. The number of amides is 1. The molecule has 1 aliphatic heterocycles. The van der Waals surface area contributed by atoms with E-state index in [1.54, 1.807) is 31.8 Å². The van der Waals surface area contributed by atoms with E-state index in [0.29, 0.717) is 37.4 Å². The number of ether oxygens (including phenoxy) is 2. The zero-order chi connectivity index (χ0) is 20.2. The molecule has 0 radical (unpaired) electrons. The van der Waals surface area contributed by atoms with Crippen LogP contribution in [-0.4, -0.2) is 61.2 Å². The van der Waals surface area contributed by atoms with Crippen LogP contribution in [0.4, 0.5) is 5.13 Å². The van der Waals surface area contributed by atoms with Crippen molar-refractivity contribution in [1.29, 1.82) is 0 Å². The largest absolute Gasteiger partial charge is 0.493 e. The van der Waals surface area contributed by atoms with Crippen LogP contribution in [0.1, 0.15) is 12.0 Å². The van der Waals surface area contributed by atoms with Crippen molar-refractivity contribution in [3.05, 3.63) is 42.1 Å². The fourth-order valence-electron chi connectivity index (χ4n) is 3.49. The minimum absolute atomic E-state index is 0.186. The third kappa shape index (κ3) is 4.27. The second kappa shape index (κ2) is 8.65. The van der Waals surface area contributed by atoms with Crippen LogP contribution in [0.2, 0.25) is 0 Å². The smallest absolute Gasteiger partial charge is 0.223 e. The highest BCUT2D eigenvalue weighted by molar-refractivity contribution is 7.21. The first kappa shape index (κ1) is 19.4. The van der Waals surface area contributed by atoms with Gasteiger partial charge in [-0.2, -0.15) is 0 Å². The number of aromatic nitrogens is 2. The number of pyridine rings is 1. The molecule has 1 aliphatic rings. The van der Waals surface area contributed by atoms with Crippen molar-refractivity contribution in [1.82, 2.24) is 14.9 Å². The van der Waals surface area contributed by atoms with Crippen LogP contribution in [0.3, 0.4) is 0 Å². The van der Waals surface area contributed by atoms with E-state index in [1.165, 1.54) is 0 Å². The van der Waals surface area contributed by atoms with E-state index < -0.39 is 0 Å². The minimum atomic E-state index is 0.186. The van der Waals surface area contributed by atoms with Crippen molar-refractivity contribution in [3.8, 4) is 11.5 Å². The summed E-state index contributed by atoms with van der Waals surface area (Å²) in [5, 5.41) is 0.983. The van der Waals surface area contributed by atoms with E-state index in [-0.39, 0.29) is 5.91 Å². The predicted molar refractivity (Wildman–Crippen MR) is 114 cm³/mol. The lowest BCUT2D eigenvalue weighted by molar-refractivity contribution is -0.131. The Balaban J connectivity index is 1.31. The van der Waals surface area contributed by atoms with Gasteiger partial charge in [-0.1, -0.05) is 17.4 Å². The molecule has 1 saturated heterocycles. The Labute approximate surface area is 173 Å². The van der Waals surface area contributed by atoms with Crippen molar-refractivity contribution in [2.45, 2.75) is 12.8 Å². The molecule has 0 saturated carbocycles. The van der Waals surface area contributed by atoms with Crippen molar-refractivity contribution in [2.75, 3.05) is 45.3 Å². The molecule has 1 amide bonds. The molecule has 0 aliphatic carbocycles. The molecule has 152 valence electrons. The molecule has 0 spiro atoms. The SMILES string of the molecule is COc1ccc(CCC(=O)N2CCN(c3nc4cccnc4s3)CC2)cc1OC. The van der Waals surface area contributed by atoms with E-state index in [9.17, 15) is 4.79 Å². The van der Waals surface area contributed by atoms with Gasteiger partial charge in [-0.25, -0.2) is 9.97 Å². The molecule has 2 aromatic heterocycles. The van der Waals surface area contributed by atoms with Crippen LogP contribution in [0.15, 0.2) is 36.5 Å². The van der Waals surface area contributed by atoms with Crippen LogP contribution in [-0.2, 0) is 11.2 Å². The van der Waals surface area contributed by atoms with Crippen molar-refractivity contribution in [3.63, 3.8) is 0 Å². The van der Waals surface area contributed by atoms with Gasteiger partial charge in [0.05, 0.1) is 14.2 Å². The summed E-state index contributed by atoms with van der Waals surface area (Å²) in [6.07, 6.45) is 2.96. The number of carbonyl (C=O) groups is 1. The van der Waals surface area contributed by atoms with Crippen LogP contribution in [0.25, 0.3) is 10.3 Å². The van der Waals surface area contributed by atoms with Gasteiger partial charge in [0.25, 0.3) is 0 Å². The summed E-state index contributed by atoms with van der Waals surface area (Å²) in [6, 6.07) is 9.68. The normalized spacial score (nSPS) is 14.3. The first-order valence-corrected chi connectivity index (χ1v) is 10.4. The number of anilines is 1. The average molecular weight is 413 g/mol. The zero-order valence-corrected chi connectivity index (χ0v) is 17.4. The number of aryl methyl sites for hydroxylation is 1. The molecule has 0 unspecified atom stereocenters. The molecule has 1 aromatic carbocycles. The second-order valence-electron chi connectivity index (χ2n) is 6.88. The summed E-state index contributed by atoms with van der Waals surface area (Å²) in [7, 11) is 3.24. The summed E-state index contributed by atoms with van der Waals surface area (Å²) in [6.45, 7) is 3.02. The summed E-state index contributed by atoms with van der Waals surface area (Å²) in [5.74, 6) is 1.57. The van der Waals surface area contributed by atoms with Gasteiger partial charge >= 0.3 is 0 Å². The van der Waals surface area contributed by atoms with Crippen LogP contribution in [0, 0.1) is 0 Å². The quantitative estimate of drug-likeness (QED) is 0.620. The molecular formula is C21H24N4O3S. The Bertz CT molecular complexity index is 966. The third-order valence-corrected chi connectivity index (χ3v) is 6.17. The number of carbonyl (C=O) groups excluding carboxylic acids is 1. The molecule has 1 fully saturated rings. The molecular weight excluding hydrogens is 388 g/mol. The molecule has 4 rings (SSSR count). The van der Waals surface area contributed by atoms with E-state index in [4.69, 9.17) is 9.47 Å². The first-order chi connectivity index (χ1) is 14.2. The van der Waals surface area contributed by atoms with Gasteiger partial charge in [-0.05, 0) is 36.2 Å². The molecule has 0 atom stereocenters. The fraction of sp³-hybridized carbons (Fsp3) is 0.381. The van der Waals surface area contributed by atoms with E-state index in [0.717, 1.165) is 34.1 Å². The summed E-state index contributed by atoms with van der Waals surface area (Å²) < 4.78 is 10.6. The Morgan fingerprint density at radius 1 is 1.10 bits per heavy atom. The van der Waals surface area contributed by atoms with E-state index >= 15 is 0 Å². The number of nitrogens with zero attached hydrogens (tertiary/aromatic N) is 4. The second-order valence-corrected chi connectivity index (χ2v) is 7.84. The van der Waals surface area contributed by atoms with Crippen molar-refractivity contribution in [2.24, 2.45) is 0 Å². The summed E-state index contributed by atoms with van der Waals surface area (Å²) in [5.41, 5.74) is 2.00. The molecule has 0 bridgehead atoms. The van der Waals surface area contributed by atoms with Crippen molar-refractivity contribution < 1.29 is 14.3 Å². The van der Waals surface area contributed by atoms with Gasteiger partial charge in [0, 0.05) is 38.8 Å². The molecule has 3 aromatic rings. The highest BCUT2D eigenvalue weighted by Crippen LogP contribution is 2.29. The number of methoxy groups -OCH3 is 2. The Morgan fingerprint density at radius 3 is 2.62 bits per heavy atom. The number of rotatable bonds is 6. The molecule has 3 heterocycles. The van der Waals surface area contributed by atoms with Gasteiger partial charge in [0.2, 0.25) is 5.91 Å². The fourth-order valence-corrected chi connectivity index (χ4v) is 4.45. The Morgan fingerprint density at radius 2 is 1.90 bits per heavy atom. The number of thiazole rings is 1. The van der Waals surface area contributed by atoms with Crippen LogP contribution in [0.5, 0.6) is 11.5 Å². The Kier molecular flexibility index (Phi) is 5.80. The maximum absolute atomic E-state index is 12.7. The number of fused-ring (bicyclic) bond motifs is 1. The maximum atomic E-state index is 12.7. The summed E-state index contributed by atoms with van der Waals surface area (Å²) in [4.78, 5) is 26.8. The Hall–Kier alpha value is -2.87. The molecule has 0 N–H and O–H groups in total. The molecule has 7 nitrogen and oxygen atoms in total. The predicted octanol–water partition coefficient (Wildman–Crippen LogP) is 2.99. The number of hydrogen-bond donors (Lipinski definition) is 0. The van der Waals surface area contributed by atoms with Crippen LogP contribution >= 0.6 is 11.3 Å². The standard InChI is InChI=1S/C21H24N4O3S/c1-27-17-7-5-15(14-18(17)28-2)6-8-19(26)24-10-12-25(13-11-24)21-23-16-4-3-9-22-20(16)29-21/h3-5,7,9,14H,6,8,10-13H2,1-2H3. The highest BCUT2D eigenvalue weighted by atomic mass is 32.1. The van der Waals surface area contributed by atoms with Gasteiger partial charge in [0.15, 0.2) is 16.6 Å². The van der Waals surface area contributed by atoms with Gasteiger partial charge in [0.1, 0.15) is 10.3 Å². The average Bonchev–Trinajstić information content (AvgIpc) is 3.21. The zero-order valence-electron chi connectivity index (χ0n) is 16.6. The number of benzene rings is 1. The maximum Gasteiger partial charge on any atom is 0.223 e.